The Bertz CT molecular complexity index is 729. The second kappa shape index (κ2) is 10.3. The van der Waals surface area contributed by atoms with E-state index in [4.69, 9.17) is 10.2 Å². The highest BCUT2D eigenvalue weighted by atomic mass is 16.4. The number of hydrogen-bond donors (Lipinski definition) is 2. The van der Waals surface area contributed by atoms with Crippen molar-refractivity contribution in [3.05, 3.63) is 96.6 Å². The third kappa shape index (κ3) is 7.56. The van der Waals surface area contributed by atoms with Crippen LogP contribution < -0.4 is 0 Å². The van der Waals surface area contributed by atoms with Gasteiger partial charge >= 0.3 is 11.9 Å². The van der Waals surface area contributed by atoms with Crippen molar-refractivity contribution in [1.82, 2.24) is 0 Å². The van der Waals surface area contributed by atoms with Crippen molar-refractivity contribution in [2.45, 2.75) is 0 Å². The average Bonchev–Trinajstić information content (AvgIpc) is 2.60. The van der Waals surface area contributed by atoms with Crippen LogP contribution in [0.2, 0.25) is 0 Å². The predicted molar refractivity (Wildman–Crippen MR) is 95.4 cm³/mol. The molecule has 0 aliphatic rings. The fourth-order valence-corrected chi connectivity index (χ4v) is 1.63. The third-order valence-corrected chi connectivity index (χ3v) is 2.82. The fraction of sp³-hybridized carbons (Fsp3) is 0. The molecule has 0 atom stereocenters. The van der Waals surface area contributed by atoms with E-state index in [0.29, 0.717) is 5.56 Å². The third-order valence-electron chi connectivity index (χ3n) is 2.82. The van der Waals surface area contributed by atoms with E-state index in [9.17, 15) is 9.59 Å². The number of carbonyl (C=O) groups is 2. The summed E-state index contributed by atoms with van der Waals surface area (Å²) in [5.74, 6) is -1.91. The molecule has 0 radical (unpaired) electrons. The van der Waals surface area contributed by atoms with Gasteiger partial charge in [0.15, 0.2) is 0 Å². The van der Waals surface area contributed by atoms with Crippen LogP contribution in [0.25, 0.3) is 11.6 Å². The van der Waals surface area contributed by atoms with Crippen LogP contribution in [0.3, 0.4) is 0 Å². The monoisotopic (exact) mass is 322 g/mol. The maximum atomic E-state index is 10.4. The molecule has 4 heteroatoms. The summed E-state index contributed by atoms with van der Waals surface area (Å²) >= 11 is 0. The Morgan fingerprint density at radius 2 is 1.38 bits per heavy atom. The fourth-order valence-electron chi connectivity index (χ4n) is 1.63. The van der Waals surface area contributed by atoms with Gasteiger partial charge in [0.05, 0.1) is 5.57 Å². The smallest absolute Gasteiger partial charge is 0.335 e. The molecule has 2 N–H and O–H groups in total. The first kappa shape index (κ1) is 18.6. The van der Waals surface area contributed by atoms with Gasteiger partial charge in [-0.15, -0.1) is 0 Å². The molecule has 122 valence electrons. The molecule has 0 amide bonds. The summed E-state index contributed by atoms with van der Waals surface area (Å²) in [6, 6.07) is 18.5. The van der Waals surface area contributed by atoms with Crippen molar-refractivity contribution in [3.63, 3.8) is 0 Å². The van der Waals surface area contributed by atoms with Crippen LogP contribution in [0.5, 0.6) is 0 Å². The molecule has 2 aromatic carbocycles. The van der Waals surface area contributed by atoms with E-state index in [-0.39, 0.29) is 5.57 Å². The van der Waals surface area contributed by atoms with Crippen molar-refractivity contribution in [3.8, 4) is 0 Å². The molecule has 0 bridgehead atoms. The Balaban J connectivity index is 0.000000243. The lowest BCUT2D eigenvalue weighted by Gasteiger charge is -1.97. The average molecular weight is 322 g/mol. The summed E-state index contributed by atoms with van der Waals surface area (Å²) in [7, 11) is 0. The Hall–Kier alpha value is -3.40. The summed E-state index contributed by atoms with van der Waals surface area (Å²) in [6.07, 6.45) is 6.14. The van der Waals surface area contributed by atoms with Gasteiger partial charge in [-0.05, 0) is 11.1 Å². The molecule has 0 saturated heterocycles. The largest absolute Gasteiger partial charge is 0.478 e. The van der Waals surface area contributed by atoms with Crippen molar-refractivity contribution >= 4 is 23.6 Å². The van der Waals surface area contributed by atoms with Crippen LogP contribution in [0.1, 0.15) is 11.1 Å². The highest BCUT2D eigenvalue weighted by Gasteiger charge is 2.04. The topological polar surface area (TPSA) is 74.6 Å². The van der Waals surface area contributed by atoms with E-state index >= 15 is 0 Å². The van der Waals surface area contributed by atoms with Crippen LogP contribution in [0, 0.1) is 0 Å². The van der Waals surface area contributed by atoms with E-state index in [1.165, 1.54) is 6.08 Å². The lowest BCUT2D eigenvalue weighted by Crippen LogP contribution is -1.96. The molecule has 2 rings (SSSR count). The molecule has 0 aliphatic carbocycles. The maximum Gasteiger partial charge on any atom is 0.335 e. The Morgan fingerprint density at radius 3 is 1.88 bits per heavy atom. The zero-order chi connectivity index (χ0) is 17.8. The number of allylic oxidation sites excluding steroid dienone is 2. The van der Waals surface area contributed by atoms with Crippen molar-refractivity contribution in [2.75, 3.05) is 0 Å². The molecule has 0 unspecified atom stereocenters. The van der Waals surface area contributed by atoms with E-state index in [0.717, 1.165) is 11.6 Å². The molecule has 24 heavy (non-hydrogen) atoms. The van der Waals surface area contributed by atoms with E-state index in [1.54, 1.807) is 30.3 Å². The first-order valence-corrected chi connectivity index (χ1v) is 7.11. The van der Waals surface area contributed by atoms with Crippen molar-refractivity contribution < 1.29 is 19.8 Å². The van der Waals surface area contributed by atoms with Gasteiger partial charge in [-0.2, -0.15) is 0 Å². The summed E-state index contributed by atoms with van der Waals surface area (Å²) in [5.41, 5.74) is 1.84. The van der Waals surface area contributed by atoms with E-state index in [1.807, 2.05) is 42.5 Å². The Kier molecular flexibility index (Phi) is 8.04. The van der Waals surface area contributed by atoms with Gasteiger partial charge in [-0.25, -0.2) is 9.59 Å². The Morgan fingerprint density at radius 1 is 0.833 bits per heavy atom. The minimum atomic E-state index is -0.976. The zero-order valence-corrected chi connectivity index (χ0v) is 13.0. The summed E-state index contributed by atoms with van der Waals surface area (Å²) < 4.78 is 0. The number of carboxylic acid groups (broad SMARTS) is 2. The van der Waals surface area contributed by atoms with Crippen LogP contribution in [-0.4, -0.2) is 22.2 Å². The molecule has 0 fully saturated rings. The first-order chi connectivity index (χ1) is 11.5. The molecule has 4 nitrogen and oxygen atoms in total. The van der Waals surface area contributed by atoms with Gasteiger partial charge in [-0.3, -0.25) is 0 Å². The van der Waals surface area contributed by atoms with Crippen molar-refractivity contribution in [1.29, 1.82) is 0 Å². The molecular formula is C20H18O4. The van der Waals surface area contributed by atoms with Gasteiger partial charge in [0.25, 0.3) is 0 Å². The zero-order valence-electron chi connectivity index (χ0n) is 13.0. The highest BCUT2D eigenvalue weighted by Crippen LogP contribution is 2.10. The van der Waals surface area contributed by atoms with Crippen LogP contribution in [0.15, 0.2) is 85.5 Å². The quantitative estimate of drug-likeness (QED) is 0.641. The van der Waals surface area contributed by atoms with E-state index < -0.39 is 11.9 Å². The van der Waals surface area contributed by atoms with Crippen LogP contribution in [-0.2, 0) is 9.59 Å². The molecule has 0 aromatic heterocycles. The number of rotatable bonds is 5. The van der Waals surface area contributed by atoms with E-state index in [2.05, 4.69) is 6.58 Å². The van der Waals surface area contributed by atoms with Gasteiger partial charge in [-0.1, -0.05) is 85.5 Å². The second-order valence-corrected chi connectivity index (χ2v) is 4.62. The number of aliphatic carboxylic acids is 2. The standard InChI is InChI=1S/C11H10O2.C9H8O2/c12-11(13)9-5-4-8-10-6-2-1-3-7-10;1-7(9(10)11)8-5-3-2-4-6-8/h1-9H,(H,12,13);2-6H,1H2,(H,10,11). The highest BCUT2D eigenvalue weighted by molar-refractivity contribution is 6.14. The minimum Gasteiger partial charge on any atom is -0.478 e. The summed E-state index contributed by atoms with van der Waals surface area (Å²) in [4.78, 5) is 20.5. The predicted octanol–water partition coefficient (Wildman–Crippen LogP) is 4.13. The number of carboxylic acids is 2. The molecule has 0 heterocycles. The minimum absolute atomic E-state index is 0.130. The van der Waals surface area contributed by atoms with Crippen molar-refractivity contribution in [2.24, 2.45) is 0 Å². The molecule has 0 spiro atoms. The Labute approximate surface area is 140 Å². The number of hydrogen-bond acceptors (Lipinski definition) is 2. The van der Waals surface area contributed by atoms with Gasteiger partial charge in [0.2, 0.25) is 0 Å². The SMILES string of the molecule is C=C(C(=O)O)c1ccccc1.O=C(O)C=CC=Cc1ccccc1. The van der Waals surface area contributed by atoms with Gasteiger partial charge < -0.3 is 10.2 Å². The lowest BCUT2D eigenvalue weighted by molar-refractivity contribution is -0.132. The molecule has 0 saturated carbocycles. The van der Waals surface area contributed by atoms with Crippen LogP contribution >= 0.6 is 0 Å². The molecule has 2 aromatic rings. The van der Waals surface area contributed by atoms with Gasteiger partial charge in [0, 0.05) is 6.08 Å². The molecule has 0 aliphatic heterocycles. The van der Waals surface area contributed by atoms with Crippen LogP contribution in [0.4, 0.5) is 0 Å². The summed E-state index contributed by atoms with van der Waals surface area (Å²) in [5, 5.41) is 16.8. The lowest BCUT2D eigenvalue weighted by atomic mass is 10.1. The summed E-state index contributed by atoms with van der Waals surface area (Å²) in [6.45, 7) is 3.42. The van der Waals surface area contributed by atoms with Gasteiger partial charge in [0.1, 0.15) is 0 Å². The number of benzene rings is 2. The molecular weight excluding hydrogens is 304 g/mol. The normalized spacial score (nSPS) is 10.2. The second-order valence-electron chi connectivity index (χ2n) is 4.62. The maximum absolute atomic E-state index is 10.4. The first-order valence-electron chi connectivity index (χ1n) is 7.11.